The molecule has 0 aromatic heterocycles. The molecule has 0 aliphatic rings. The summed E-state index contributed by atoms with van der Waals surface area (Å²) in [5.41, 5.74) is 1.52. The highest BCUT2D eigenvalue weighted by atomic mass is 19.4. The van der Waals surface area contributed by atoms with Crippen molar-refractivity contribution in [2.24, 2.45) is 0 Å². The fourth-order valence-electron chi connectivity index (χ4n) is 1.09. The molecule has 0 atom stereocenters. The van der Waals surface area contributed by atoms with Crippen molar-refractivity contribution in [3.8, 4) is 0 Å². The van der Waals surface area contributed by atoms with Gasteiger partial charge in [0.25, 0.3) is 0 Å². The zero-order valence-corrected chi connectivity index (χ0v) is 7.10. The van der Waals surface area contributed by atoms with Crippen LogP contribution in [0.2, 0.25) is 0 Å². The fourth-order valence-corrected chi connectivity index (χ4v) is 1.09. The summed E-state index contributed by atoms with van der Waals surface area (Å²) < 4.78 is 49.5. The summed E-state index contributed by atoms with van der Waals surface area (Å²) in [6, 6.07) is 0.624. The van der Waals surface area contributed by atoms with E-state index in [2.05, 4.69) is 0 Å². The molecule has 7 heteroatoms. The van der Waals surface area contributed by atoms with Crippen LogP contribution >= 0.6 is 0 Å². The molecule has 1 aromatic rings. The highest BCUT2D eigenvalue weighted by Gasteiger charge is 2.37. The lowest BCUT2D eigenvalue weighted by atomic mass is 10.0. The third-order valence-corrected chi connectivity index (χ3v) is 1.65. The number of carbonyl (C=O) groups is 1. The first-order valence-corrected chi connectivity index (χ1v) is 3.63. The molecule has 0 saturated carbocycles. The molecule has 0 amide bonds. The number of aromatic carboxylic acids is 1. The molecule has 0 aliphatic carbocycles. The highest BCUT2D eigenvalue weighted by Crippen LogP contribution is 2.34. The van der Waals surface area contributed by atoms with E-state index in [4.69, 9.17) is 10.8 Å². The summed E-state index contributed by atoms with van der Waals surface area (Å²) in [7, 11) is 0. The molecular weight excluding hydrogens is 218 g/mol. The van der Waals surface area contributed by atoms with E-state index in [1.807, 2.05) is 0 Å². The lowest BCUT2D eigenvalue weighted by Gasteiger charge is -2.11. The summed E-state index contributed by atoms with van der Waals surface area (Å²) in [6.45, 7) is 0. The van der Waals surface area contributed by atoms with Crippen molar-refractivity contribution in [1.29, 1.82) is 0 Å². The van der Waals surface area contributed by atoms with Gasteiger partial charge in [-0.3, -0.25) is 0 Å². The molecule has 0 heterocycles. The molecule has 0 bridgehead atoms. The van der Waals surface area contributed by atoms with Gasteiger partial charge in [-0.2, -0.15) is 13.2 Å². The van der Waals surface area contributed by atoms with Crippen LogP contribution in [0.1, 0.15) is 15.9 Å². The molecule has 0 radical (unpaired) electrons. The number of benzene rings is 1. The Kier molecular flexibility index (Phi) is 2.57. The van der Waals surface area contributed by atoms with Crippen molar-refractivity contribution in [1.82, 2.24) is 0 Å². The number of anilines is 1. The topological polar surface area (TPSA) is 63.3 Å². The molecule has 1 rings (SSSR count). The normalized spacial score (nSPS) is 11.5. The maximum absolute atomic E-state index is 12.6. The SMILES string of the molecule is Nc1cc(F)cc(C(F)(F)F)c1C(=O)O. The molecule has 0 spiro atoms. The second kappa shape index (κ2) is 3.41. The Morgan fingerprint density at radius 3 is 2.27 bits per heavy atom. The third-order valence-electron chi connectivity index (χ3n) is 1.65. The average Bonchev–Trinajstić information content (AvgIpc) is 1.99. The number of carboxylic acid groups (broad SMARTS) is 1. The van der Waals surface area contributed by atoms with Crippen molar-refractivity contribution in [3.63, 3.8) is 0 Å². The number of rotatable bonds is 1. The van der Waals surface area contributed by atoms with Crippen LogP contribution in [0.4, 0.5) is 23.2 Å². The van der Waals surface area contributed by atoms with E-state index in [1.165, 1.54) is 0 Å². The third kappa shape index (κ3) is 2.17. The van der Waals surface area contributed by atoms with E-state index < -0.39 is 34.8 Å². The Balaban J connectivity index is 3.54. The Morgan fingerprint density at radius 1 is 1.33 bits per heavy atom. The Morgan fingerprint density at radius 2 is 1.87 bits per heavy atom. The van der Waals surface area contributed by atoms with Crippen LogP contribution in [0, 0.1) is 5.82 Å². The van der Waals surface area contributed by atoms with Crippen LogP contribution in [-0.4, -0.2) is 11.1 Å². The summed E-state index contributed by atoms with van der Waals surface area (Å²) in [5, 5.41) is 8.50. The summed E-state index contributed by atoms with van der Waals surface area (Å²) in [6.07, 6.45) is -4.95. The van der Waals surface area contributed by atoms with Gasteiger partial charge in [-0.05, 0) is 12.1 Å². The zero-order chi connectivity index (χ0) is 11.8. The number of nitrogens with two attached hydrogens (primary N) is 1. The predicted octanol–water partition coefficient (Wildman–Crippen LogP) is 2.12. The summed E-state index contributed by atoms with van der Waals surface area (Å²) in [5.74, 6) is -3.08. The van der Waals surface area contributed by atoms with Crippen LogP contribution in [0.15, 0.2) is 12.1 Å². The van der Waals surface area contributed by atoms with Crippen LogP contribution in [0.5, 0.6) is 0 Å². The molecule has 0 fully saturated rings. The second-order valence-corrected chi connectivity index (χ2v) is 2.72. The van der Waals surface area contributed by atoms with Crippen LogP contribution in [0.25, 0.3) is 0 Å². The van der Waals surface area contributed by atoms with Gasteiger partial charge in [0.15, 0.2) is 0 Å². The first-order chi connectivity index (χ1) is 6.73. The number of alkyl halides is 3. The van der Waals surface area contributed by atoms with Gasteiger partial charge < -0.3 is 10.8 Å². The van der Waals surface area contributed by atoms with Crippen LogP contribution in [-0.2, 0) is 6.18 Å². The summed E-state index contributed by atoms with van der Waals surface area (Å²) in [4.78, 5) is 10.5. The minimum atomic E-state index is -4.95. The first-order valence-electron chi connectivity index (χ1n) is 3.63. The molecule has 15 heavy (non-hydrogen) atoms. The van der Waals surface area contributed by atoms with Gasteiger partial charge in [-0.1, -0.05) is 0 Å². The number of nitrogen functional groups attached to an aromatic ring is 1. The van der Waals surface area contributed by atoms with Crippen molar-refractivity contribution < 1.29 is 27.5 Å². The van der Waals surface area contributed by atoms with E-state index in [0.29, 0.717) is 6.07 Å². The minimum absolute atomic E-state index is 0.0970. The Bertz CT molecular complexity index is 414. The molecule has 0 saturated heterocycles. The number of hydrogen-bond acceptors (Lipinski definition) is 2. The molecular formula is C8H5F4NO2. The molecule has 3 nitrogen and oxygen atoms in total. The Hall–Kier alpha value is -1.79. The number of carboxylic acids is 1. The second-order valence-electron chi connectivity index (χ2n) is 2.72. The van der Waals surface area contributed by atoms with Crippen LogP contribution in [0.3, 0.4) is 0 Å². The van der Waals surface area contributed by atoms with E-state index >= 15 is 0 Å². The standard InChI is InChI=1S/C8H5F4NO2/c9-3-1-4(8(10,11)12)6(7(14)15)5(13)2-3/h1-2H,13H2,(H,14,15). The smallest absolute Gasteiger partial charge is 0.417 e. The highest BCUT2D eigenvalue weighted by molar-refractivity contribution is 5.95. The predicted molar refractivity (Wildman–Crippen MR) is 42.8 cm³/mol. The lowest BCUT2D eigenvalue weighted by molar-refractivity contribution is -0.138. The van der Waals surface area contributed by atoms with Gasteiger partial charge in [-0.15, -0.1) is 0 Å². The van der Waals surface area contributed by atoms with Crippen molar-refractivity contribution in [3.05, 3.63) is 29.1 Å². The molecule has 3 N–H and O–H groups in total. The molecule has 0 aliphatic heterocycles. The van der Waals surface area contributed by atoms with Crippen molar-refractivity contribution in [2.45, 2.75) is 6.18 Å². The quantitative estimate of drug-likeness (QED) is 0.566. The maximum atomic E-state index is 12.6. The number of halogens is 4. The monoisotopic (exact) mass is 223 g/mol. The Labute approximate surface area is 81.1 Å². The van der Waals surface area contributed by atoms with E-state index in [0.717, 1.165) is 0 Å². The van der Waals surface area contributed by atoms with E-state index in [-0.39, 0.29) is 6.07 Å². The van der Waals surface area contributed by atoms with Gasteiger partial charge in [0.2, 0.25) is 0 Å². The average molecular weight is 223 g/mol. The molecule has 82 valence electrons. The van der Waals surface area contributed by atoms with Gasteiger partial charge in [0, 0.05) is 5.69 Å². The van der Waals surface area contributed by atoms with Gasteiger partial charge in [0.05, 0.1) is 11.1 Å². The maximum Gasteiger partial charge on any atom is 0.417 e. The van der Waals surface area contributed by atoms with Crippen molar-refractivity contribution in [2.75, 3.05) is 5.73 Å². The van der Waals surface area contributed by atoms with Gasteiger partial charge in [-0.25, -0.2) is 9.18 Å². The molecule has 1 aromatic carbocycles. The van der Waals surface area contributed by atoms with E-state index in [9.17, 15) is 22.4 Å². The lowest BCUT2D eigenvalue weighted by Crippen LogP contribution is -2.15. The first kappa shape index (κ1) is 11.3. The zero-order valence-electron chi connectivity index (χ0n) is 7.10. The van der Waals surface area contributed by atoms with Gasteiger partial charge in [0.1, 0.15) is 5.82 Å². The number of hydrogen-bond donors (Lipinski definition) is 2. The van der Waals surface area contributed by atoms with Crippen LogP contribution < -0.4 is 5.73 Å². The van der Waals surface area contributed by atoms with Crippen molar-refractivity contribution >= 4 is 11.7 Å². The minimum Gasteiger partial charge on any atom is -0.478 e. The largest absolute Gasteiger partial charge is 0.478 e. The molecule has 0 unspecified atom stereocenters. The fraction of sp³-hybridized carbons (Fsp3) is 0.125. The summed E-state index contributed by atoms with van der Waals surface area (Å²) >= 11 is 0. The van der Waals surface area contributed by atoms with Gasteiger partial charge >= 0.3 is 12.1 Å². The van der Waals surface area contributed by atoms with E-state index in [1.54, 1.807) is 0 Å².